The van der Waals surface area contributed by atoms with E-state index in [4.69, 9.17) is 4.74 Å². The largest absolute Gasteiger partial charge is 0.380 e. The highest BCUT2D eigenvalue weighted by atomic mass is 16.5. The molecule has 0 unspecified atom stereocenters. The summed E-state index contributed by atoms with van der Waals surface area (Å²) in [6, 6.07) is 0. The Kier molecular flexibility index (Phi) is 8.94. The van der Waals surface area contributed by atoms with Crippen molar-refractivity contribution in [2.24, 2.45) is 0 Å². The van der Waals surface area contributed by atoms with Crippen LogP contribution >= 0.6 is 0 Å². The predicted molar refractivity (Wildman–Crippen MR) is 62.9 cm³/mol. The van der Waals surface area contributed by atoms with E-state index in [9.17, 15) is 0 Å². The van der Waals surface area contributed by atoms with Gasteiger partial charge < -0.3 is 4.74 Å². The zero-order valence-electron chi connectivity index (χ0n) is 10.8. The standard InChI is InChI=1S/C10H26N4O/c1-6-8-14(9-10-15-7-2)13(5)12(4)11-3/h11H,6-10H2,1-5H3. The molecular weight excluding hydrogens is 192 g/mol. The van der Waals surface area contributed by atoms with Gasteiger partial charge >= 0.3 is 0 Å². The molecule has 15 heavy (non-hydrogen) atoms. The van der Waals surface area contributed by atoms with Crippen LogP contribution in [0.15, 0.2) is 0 Å². The molecule has 0 aromatic rings. The summed E-state index contributed by atoms with van der Waals surface area (Å²) in [5.74, 6) is 0. The first-order valence-electron chi connectivity index (χ1n) is 5.64. The molecule has 0 aliphatic carbocycles. The van der Waals surface area contributed by atoms with Crippen molar-refractivity contribution < 1.29 is 4.74 Å². The second-order valence-corrected chi connectivity index (χ2v) is 3.39. The molecule has 0 atom stereocenters. The third-order valence-electron chi connectivity index (χ3n) is 2.35. The lowest BCUT2D eigenvalue weighted by molar-refractivity contribution is -0.180. The van der Waals surface area contributed by atoms with Crippen LogP contribution in [-0.4, -0.2) is 62.7 Å². The monoisotopic (exact) mass is 218 g/mol. The Bertz CT molecular complexity index is 145. The average Bonchev–Trinajstić information content (AvgIpc) is 2.26. The van der Waals surface area contributed by atoms with Gasteiger partial charge in [0.2, 0.25) is 0 Å². The molecule has 0 aliphatic heterocycles. The second kappa shape index (κ2) is 9.06. The van der Waals surface area contributed by atoms with Crippen molar-refractivity contribution in [3.63, 3.8) is 0 Å². The molecule has 0 amide bonds. The summed E-state index contributed by atoms with van der Waals surface area (Å²) in [4.78, 5) is 0. The average molecular weight is 218 g/mol. The van der Waals surface area contributed by atoms with Crippen LogP contribution in [0.5, 0.6) is 0 Å². The maximum absolute atomic E-state index is 5.37. The smallest absolute Gasteiger partial charge is 0.0607 e. The van der Waals surface area contributed by atoms with Crippen LogP contribution < -0.4 is 5.43 Å². The van der Waals surface area contributed by atoms with Crippen molar-refractivity contribution >= 4 is 0 Å². The highest BCUT2D eigenvalue weighted by Crippen LogP contribution is 1.98. The van der Waals surface area contributed by atoms with Gasteiger partial charge in [-0.2, -0.15) is 10.2 Å². The molecule has 0 saturated carbocycles. The van der Waals surface area contributed by atoms with E-state index in [2.05, 4.69) is 22.5 Å². The normalized spacial score (nSPS) is 12.0. The van der Waals surface area contributed by atoms with Gasteiger partial charge in [-0.15, -0.1) is 0 Å². The SMILES string of the molecule is CCCN(CCOCC)N(C)N(C)NC. The second-order valence-electron chi connectivity index (χ2n) is 3.39. The lowest BCUT2D eigenvalue weighted by Crippen LogP contribution is -2.54. The fraction of sp³-hybridized carbons (Fsp3) is 1.00. The van der Waals surface area contributed by atoms with Gasteiger partial charge in [0.25, 0.3) is 0 Å². The van der Waals surface area contributed by atoms with Crippen molar-refractivity contribution in [1.82, 2.24) is 20.7 Å². The van der Waals surface area contributed by atoms with Crippen LogP contribution in [0.3, 0.4) is 0 Å². The van der Waals surface area contributed by atoms with E-state index in [1.807, 2.05) is 33.2 Å². The summed E-state index contributed by atoms with van der Waals surface area (Å²) in [6.45, 7) is 7.72. The fourth-order valence-electron chi connectivity index (χ4n) is 1.31. The summed E-state index contributed by atoms with van der Waals surface area (Å²) in [7, 11) is 5.94. The number of hydrogen-bond donors (Lipinski definition) is 1. The van der Waals surface area contributed by atoms with Gasteiger partial charge in [0.15, 0.2) is 0 Å². The molecule has 0 radical (unpaired) electrons. The van der Waals surface area contributed by atoms with Gasteiger partial charge in [-0.05, 0) is 13.3 Å². The van der Waals surface area contributed by atoms with Crippen LogP contribution in [0.4, 0.5) is 0 Å². The quantitative estimate of drug-likeness (QED) is 0.451. The minimum Gasteiger partial charge on any atom is -0.380 e. The zero-order valence-corrected chi connectivity index (χ0v) is 10.8. The zero-order chi connectivity index (χ0) is 11.7. The summed E-state index contributed by atoms with van der Waals surface area (Å²) in [5.41, 5.74) is 3.07. The van der Waals surface area contributed by atoms with Crippen molar-refractivity contribution in [1.29, 1.82) is 0 Å². The Morgan fingerprint density at radius 2 is 1.80 bits per heavy atom. The van der Waals surface area contributed by atoms with E-state index in [1.165, 1.54) is 0 Å². The Morgan fingerprint density at radius 3 is 2.27 bits per heavy atom. The van der Waals surface area contributed by atoms with Gasteiger partial charge in [-0.1, -0.05) is 6.92 Å². The first kappa shape index (κ1) is 14.8. The Labute approximate surface area is 93.9 Å². The minimum atomic E-state index is 0.776. The lowest BCUT2D eigenvalue weighted by atomic mass is 10.4. The highest BCUT2D eigenvalue weighted by Gasteiger charge is 2.12. The summed E-state index contributed by atoms with van der Waals surface area (Å²) >= 11 is 0. The molecule has 0 fully saturated rings. The number of nitrogens with one attached hydrogen (secondary N) is 1. The van der Waals surface area contributed by atoms with Gasteiger partial charge in [0.1, 0.15) is 0 Å². The van der Waals surface area contributed by atoms with Crippen LogP contribution in [0, 0.1) is 0 Å². The third kappa shape index (κ3) is 6.06. The molecule has 0 aromatic carbocycles. The van der Waals surface area contributed by atoms with Crippen LogP contribution in [0.25, 0.3) is 0 Å². The topological polar surface area (TPSA) is 31.0 Å². The summed E-state index contributed by atoms with van der Waals surface area (Å²) in [6.07, 6.45) is 1.13. The van der Waals surface area contributed by atoms with Gasteiger partial charge in [0.05, 0.1) is 6.61 Å². The Hall–Kier alpha value is -0.200. The van der Waals surface area contributed by atoms with Crippen molar-refractivity contribution in [3.05, 3.63) is 0 Å². The molecular formula is C10H26N4O. The van der Waals surface area contributed by atoms with E-state index in [0.29, 0.717) is 0 Å². The number of nitrogens with zero attached hydrogens (tertiary/aromatic N) is 3. The maximum atomic E-state index is 5.37. The molecule has 5 heteroatoms. The molecule has 0 aromatic heterocycles. The molecule has 1 N–H and O–H groups in total. The Morgan fingerprint density at radius 1 is 1.13 bits per heavy atom. The van der Waals surface area contributed by atoms with Crippen LogP contribution in [0.2, 0.25) is 0 Å². The summed E-state index contributed by atoms with van der Waals surface area (Å²) < 4.78 is 5.37. The first-order chi connectivity index (χ1) is 7.17. The molecule has 0 bridgehead atoms. The molecule has 0 heterocycles. The lowest BCUT2D eigenvalue weighted by Gasteiger charge is -2.37. The molecule has 5 nitrogen and oxygen atoms in total. The van der Waals surface area contributed by atoms with Crippen molar-refractivity contribution in [2.75, 3.05) is 47.4 Å². The highest BCUT2D eigenvalue weighted by molar-refractivity contribution is 4.50. The van der Waals surface area contributed by atoms with Gasteiger partial charge in [-0.3, -0.25) is 0 Å². The van der Waals surface area contributed by atoms with E-state index < -0.39 is 0 Å². The summed E-state index contributed by atoms with van der Waals surface area (Å²) in [5, 5.41) is 6.27. The number of hydrogen-bond acceptors (Lipinski definition) is 5. The fourth-order valence-corrected chi connectivity index (χ4v) is 1.31. The van der Waals surface area contributed by atoms with E-state index in [0.717, 1.165) is 32.7 Å². The van der Waals surface area contributed by atoms with Gasteiger partial charge in [0, 0.05) is 40.8 Å². The van der Waals surface area contributed by atoms with Crippen molar-refractivity contribution in [2.45, 2.75) is 20.3 Å². The predicted octanol–water partition coefficient (Wildman–Crippen LogP) is 0.563. The van der Waals surface area contributed by atoms with Crippen LogP contribution in [0.1, 0.15) is 20.3 Å². The van der Waals surface area contributed by atoms with Gasteiger partial charge in [-0.25, -0.2) is 10.4 Å². The number of hydrazine groups is 3. The van der Waals surface area contributed by atoms with Crippen LogP contribution in [-0.2, 0) is 4.74 Å². The molecule has 0 spiro atoms. The van der Waals surface area contributed by atoms with Crippen molar-refractivity contribution in [3.8, 4) is 0 Å². The molecule has 0 rings (SSSR count). The first-order valence-corrected chi connectivity index (χ1v) is 5.64. The molecule has 92 valence electrons. The maximum Gasteiger partial charge on any atom is 0.0607 e. The number of ether oxygens (including phenoxy) is 1. The Balaban J connectivity index is 3.99. The van der Waals surface area contributed by atoms with E-state index in [-0.39, 0.29) is 0 Å². The van der Waals surface area contributed by atoms with E-state index in [1.54, 1.807) is 0 Å². The molecule has 0 aliphatic rings. The van der Waals surface area contributed by atoms with E-state index >= 15 is 0 Å². The molecule has 0 saturated heterocycles. The minimum absolute atomic E-state index is 0.776. The third-order valence-corrected chi connectivity index (χ3v) is 2.35. The number of rotatable bonds is 9.